The Morgan fingerprint density at radius 2 is 1.80 bits per heavy atom. The first-order valence-electron chi connectivity index (χ1n) is 9.24. The molecule has 0 aliphatic rings. The molecule has 0 aliphatic carbocycles. The first-order valence-corrected chi connectivity index (χ1v) is 10.2. The van der Waals surface area contributed by atoms with Gasteiger partial charge in [-0.2, -0.15) is 0 Å². The highest BCUT2D eigenvalue weighted by Gasteiger charge is 2.14. The maximum atomic E-state index is 14.0. The summed E-state index contributed by atoms with van der Waals surface area (Å²) in [5.74, 6) is -0.126. The van der Waals surface area contributed by atoms with E-state index >= 15 is 0 Å². The Kier molecular flexibility index (Phi) is 5.81. The van der Waals surface area contributed by atoms with Gasteiger partial charge in [0.05, 0.1) is 24.6 Å². The Labute approximate surface area is 176 Å². The van der Waals surface area contributed by atoms with Crippen LogP contribution in [0.15, 0.2) is 76.7 Å². The Morgan fingerprint density at radius 3 is 2.57 bits per heavy atom. The quantitative estimate of drug-likeness (QED) is 0.322. The molecule has 0 radical (unpaired) electrons. The van der Waals surface area contributed by atoms with Gasteiger partial charge in [0.1, 0.15) is 17.4 Å². The van der Waals surface area contributed by atoms with Gasteiger partial charge in [-0.25, -0.2) is 13.8 Å². The molecule has 1 aromatic heterocycles. The van der Waals surface area contributed by atoms with E-state index in [0.29, 0.717) is 22.6 Å². The van der Waals surface area contributed by atoms with Crippen molar-refractivity contribution >= 4 is 22.7 Å². The Balaban J connectivity index is 1.73. The van der Waals surface area contributed by atoms with E-state index in [0.717, 1.165) is 29.5 Å². The SMILES string of the molecule is COc1ccc(Cn2c(SCc3cc(F)ccc3F)nc3ccccc3c2=O)cc1. The van der Waals surface area contributed by atoms with Crippen LogP contribution in [0.5, 0.6) is 5.75 Å². The molecule has 1 heterocycles. The summed E-state index contributed by atoms with van der Waals surface area (Å²) >= 11 is 1.20. The van der Waals surface area contributed by atoms with Gasteiger partial charge in [0.2, 0.25) is 0 Å². The van der Waals surface area contributed by atoms with Gasteiger partial charge in [-0.3, -0.25) is 9.36 Å². The number of nitrogens with zero attached hydrogens (tertiary/aromatic N) is 2. The third kappa shape index (κ3) is 4.21. The Bertz CT molecular complexity index is 1260. The second-order valence-electron chi connectivity index (χ2n) is 6.68. The van der Waals surface area contributed by atoms with E-state index in [2.05, 4.69) is 4.98 Å². The molecule has 4 rings (SSSR count). The fraction of sp³-hybridized carbons (Fsp3) is 0.130. The third-order valence-corrected chi connectivity index (χ3v) is 5.72. The van der Waals surface area contributed by atoms with Gasteiger partial charge in [0.25, 0.3) is 5.56 Å². The molecule has 7 heteroatoms. The summed E-state index contributed by atoms with van der Waals surface area (Å²) in [6.45, 7) is 0.300. The first-order chi connectivity index (χ1) is 14.5. The highest BCUT2D eigenvalue weighted by molar-refractivity contribution is 7.98. The molecule has 0 unspecified atom stereocenters. The van der Waals surface area contributed by atoms with Crippen LogP contribution in [-0.4, -0.2) is 16.7 Å². The van der Waals surface area contributed by atoms with Crippen LogP contribution in [0.25, 0.3) is 10.9 Å². The summed E-state index contributed by atoms with van der Waals surface area (Å²) in [5, 5.41) is 0.950. The summed E-state index contributed by atoms with van der Waals surface area (Å²) < 4.78 is 34.3. The van der Waals surface area contributed by atoms with Gasteiger partial charge in [0, 0.05) is 11.3 Å². The number of ether oxygens (including phenoxy) is 1. The zero-order valence-electron chi connectivity index (χ0n) is 16.1. The van der Waals surface area contributed by atoms with E-state index in [-0.39, 0.29) is 16.9 Å². The molecule has 0 saturated heterocycles. The molecule has 0 aliphatic heterocycles. The highest BCUT2D eigenvalue weighted by Crippen LogP contribution is 2.25. The van der Waals surface area contributed by atoms with E-state index < -0.39 is 11.6 Å². The predicted octanol–water partition coefficient (Wildman–Crippen LogP) is 5.02. The lowest BCUT2D eigenvalue weighted by molar-refractivity contribution is 0.414. The normalized spacial score (nSPS) is 11.0. The third-order valence-electron chi connectivity index (χ3n) is 4.69. The number of rotatable bonds is 6. The smallest absolute Gasteiger partial charge is 0.262 e. The van der Waals surface area contributed by atoms with Crippen LogP contribution in [0.2, 0.25) is 0 Å². The number of halogens is 2. The molecule has 4 aromatic rings. The van der Waals surface area contributed by atoms with Crippen LogP contribution in [0.4, 0.5) is 8.78 Å². The second kappa shape index (κ2) is 8.67. The maximum absolute atomic E-state index is 14.0. The predicted molar refractivity (Wildman–Crippen MR) is 114 cm³/mol. The molecule has 0 amide bonds. The van der Waals surface area contributed by atoms with Crippen molar-refractivity contribution in [1.29, 1.82) is 0 Å². The van der Waals surface area contributed by atoms with E-state index in [4.69, 9.17) is 4.74 Å². The average Bonchev–Trinajstić information content (AvgIpc) is 2.77. The van der Waals surface area contributed by atoms with Crippen molar-refractivity contribution in [3.05, 3.63) is 99.8 Å². The van der Waals surface area contributed by atoms with Crippen LogP contribution in [-0.2, 0) is 12.3 Å². The van der Waals surface area contributed by atoms with Crippen molar-refractivity contribution in [3.63, 3.8) is 0 Å². The Morgan fingerprint density at radius 1 is 1.03 bits per heavy atom. The fourth-order valence-corrected chi connectivity index (χ4v) is 4.08. The molecule has 0 spiro atoms. The molecule has 30 heavy (non-hydrogen) atoms. The molecule has 152 valence electrons. The lowest BCUT2D eigenvalue weighted by Crippen LogP contribution is -2.24. The van der Waals surface area contributed by atoms with E-state index in [1.165, 1.54) is 11.8 Å². The van der Waals surface area contributed by atoms with Crippen molar-refractivity contribution in [2.24, 2.45) is 0 Å². The summed E-state index contributed by atoms with van der Waals surface area (Å²) in [6, 6.07) is 17.8. The largest absolute Gasteiger partial charge is 0.497 e. The molecule has 0 bridgehead atoms. The van der Waals surface area contributed by atoms with Crippen molar-refractivity contribution < 1.29 is 13.5 Å². The van der Waals surface area contributed by atoms with Gasteiger partial charge >= 0.3 is 0 Å². The minimum atomic E-state index is -0.505. The molecular formula is C23H18F2N2O2S. The molecule has 0 atom stereocenters. The van der Waals surface area contributed by atoms with Gasteiger partial charge in [-0.1, -0.05) is 36.0 Å². The van der Waals surface area contributed by atoms with Crippen molar-refractivity contribution in [2.75, 3.05) is 7.11 Å². The number of thioether (sulfide) groups is 1. The summed E-state index contributed by atoms with van der Waals surface area (Å²) in [4.78, 5) is 17.8. The van der Waals surface area contributed by atoms with Crippen LogP contribution in [0, 0.1) is 11.6 Å². The van der Waals surface area contributed by atoms with Crippen molar-refractivity contribution in [3.8, 4) is 5.75 Å². The van der Waals surface area contributed by atoms with Crippen molar-refractivity contribution in [1.82, 2.24) is 9.55 Å². The van der Waals surface area contributed by atoms with Crippen molar-refractivity contribution in [2.45, 2.75) is 17.5 Å². The molecule has 0 saturated carbocycles. The summed E-state index contributed by atoms with van der Waals surface area (Å²) in [6.07, 6.45) is 0. The van der Waals surface area contributed by atoms with Gasteiger partial charge < -0.3 is 4.74 Å². The standard InChI is InChI=1S/C23H18F2N2O2S/c1-29-18-9-6-15(7-10-18)13-27-22(28)19-4-2-3-5-21(19)26-23(27)30-14-16-12-17(24)8-11-20(16)25/h2-12H,13-14H2,1H3. The zero-order chi connectivity index (χ0) is 21.1. The molecule has 4 nitrogen and oxygen atoms in total. The molecule has 0 fully saturated rings. The maximum Gasteiger partial charge on any atom is 0.262 e. The number of aromatic nitrogens is 2. The molecule has 3 aromatic carbocycles. The molecule has 0 N–H and O–H groups in total. The number of benzene rings is 3. The summed E-state index contributed by atoms with van der Waals surface area (Å²) in [5.41, 5.74) is 1.50. The number of fused-ring (bicyclic) bond motifs is 1. The van der Waals surface area contributed by atoms with E-state index in [1.54, 1.807) is 29.9 Å². The lowest BCUT2D eigenvalue weighted by atomic mass is 10.2. The minimum Gasteiger partial charge on any atom is -0.497 e. The number of hydrogen-bond donors (Lipinski definition) is 0. The lowest BCUT2D eigenvalue weighted by Gasteiger charge is -2.14. The van der Waals surface area contributed by atoms with E-state index in [1.807, 2.05) is 30.3 Å². The zero-order valence-corrected chi connectivity index (χ0v) is 17.0. The van der Waals surface area contributed by atoms with Crippen LogP contribution >= 0.6 is 11.8 Å². The molecular weight excluding hydrogens is 406 g/mol. The summed E-state index contributed by atoms with van der Waals surface area (Å²) in [7, 11) is 1.59. The average molecular weight is 424 g/mol. The number of para-hydroxylation sites is 1. The number of methoxy groups -OCH3 is 1. The van der Waals surface area contributed by atoms with Crippen LogP contribution < -0.4 is 10.3 Å². The Hall–Kier alpha value is -3.19. The van der Waals surface area contributed by atoms with Gasteiger partial charge in [-0.15, -0.1) is 0 Å². The minimum absolute atomic E-state index is 0.150. The van der Waals surface area contributed by atoms with Crippen LogP contribution in [0.3, 0.4) is 0 Å². The fourth-order valence-electron chi connectivity index (χ4n) is 3.11. The highest BCUT2D eigenvalue weighted by atomic mass is 32.2. The monoisotopic (exact) mass is 424 g/mol. The van der Waals surface area contributed by atoms with Gasteiger partial charge in [0.15, 0.2) is 5.16 Å². The topological polar surface area (TPSA) is 44.1 Å². The first kappa shape index (κ1) is 20.1. The van der Waals surface area contributed by atoms with Gasteiger partial charge in [-0.05, 0) is 48.0 Å². The second-order valence-corrected chi connectivity index (χ2v) is 7.62. The van der Waals surface area contributed by atoms with Crippen LogP contribution in [0.1, 0.15) is 11.1 Å². The number of hydrogen-bond acceptors (Lipinski definition) is 4. The van der Waals surface area contributed by atoms with E-state index in [9.17, 15) is 13.6 Å².